The zero-order valence-corrected chi connectivity index (χ0v) is 12.5. The van der Waals surface area contributed by atoms with Crippen molar-refractivity contribution in [2.45, 2.75) is 46.1 Å². The topological polar surface area (TPSA) is 44.9 Å². The van der Waals surface area contributed by atoms with E-state index in [9.17, 15) is 0 Å². The molecule has 1 fully saturated rings. The summed E-state index contributed by atoms with van der Waals surface area (Å²) in [6.07, 6.45) is 3.74. The Kier molecular flexibility index (Phi) is 6.47. The lowest BCUT2D eigenvalue weighted by atomic mass is 10.0. The Morgan fingerprint density at radius 2 is 2.28 bits per heavy atom. The van der Waals surface area contributed by atoms with Crippen LogP contribution in [0.1, 0.15) is 40.0 Å². The van der Waals surface area contributed by atoms with Crippen LogP contribution in [0.5, 0.6) is 0 Å². The highest BCUT2D eigenvalue weighted by Gasteiger charge is 2.17. The van der Waals surface area contributed by atoms with E-state index in [1.165, 1.54) is 19.3 Å². The first kappa shape index (κ1) is 15.3. The molecule has 0 bridgehead atoms. The molecule has 0 aromatic heterocycles. The molecule has 1 heterocycles. The first-order valence-electron chi connectivity index (χ1n) is 7.29. The molecule has 0 saturated carbocycles. The SMILES string of the molecule is CCC(C)N(C)CCN=C(N)N1CCCC(C)C1. The second kappa shape index (κ2) is 7.62. The minimum atomic E-state index is 0.622. The van der Waals surface area contributed by atoms with Crippen LogP contribution in [0.25, 0.3) is 0 Å². The van der Waals surface area contributed by atoms with Crippen LogP contribution in [0.2, 0.25) is 0 Å². The van der Waals surface area contributed by atoms with Gasteiger partial charge >= 0.3 is 0 Å². The number of piperidine rings is 1. The molecule has 2 atom stereocenters. The highest BCUT2D eigenvalue weighted by atomic mass is 15.3. The summed E-state index contributed by atoms with van der Waals surface area (Å²) >= 11 is 0. The van der Waals surface area contributed by atoms with Gasteiger partial charge in [0.1, 0.15) is 0 Å². The molecule has 2 unspecified atom stereocenters. The fourth-order valence-electron chi connectivity index (χ4n) is 2.35. The molecule has 0 aromatic rings. The predicted molar refractivity (Wildman–Crippen MR) is 78.8 cm³/mol. The minimum absolute atomic E-state index is 0.622. The van der Waals surface area contributed by atoms with Crippen molar-refractivity contribution in [3.05, 3.63) is 0 Å². The number of aliphatic imine (C=N–C) groups is 1. The summed E-state index contributed by atoms with van der Waals surface area (Å²) in [4.78, 5) is 9.09. The van der Waals surface area contributed by atoms with E-state index in [2.05, 4.69) is 42.6 Å². The molecule has 4 heteroatoms. The second-order valence-corrected chi connectivity index (χ2v) is 5.67. The second-order valence-electron chi connectivity index (χ2n) is 5.67. The van der Waals surface area contributed by atoms with Gasteiger partial charge in [0, 0.05) is 25.7 Å². The van der Waals surface area contributed by atoms with E-state index in [1.54, 1.807) is 0 Å². The molecule has 1 aliphatic rings. The molecule has 0 amide bonds. The number of likely N-dealkylation sites (N-methyl/N-ethyl adjacent to an activating group) is 1. The quantitative estimate of drug-likeness (QED) is 0.601. The standard InChI is InChI=1S/C14H30N4/c1-5-13(3)17(4)10-8-16-14(15)18-9-6-7-12(2)11-18/h12-13H,5-11H2,1-4H3,(H2,15,16). The van der Waals surface area contributed by atoms with E-state index >= 15 is 0 Å². The fourth-order valence-corrected chi connectivity index (χ4v) is 2.35. The smallest absolute Gasteiger partial charge is 0.191 e. The Bertz CT molecular complexity index is 265. The van der Waals surface area contributed by atoms with Crippen molar-refractivity contribution in [3.63, 3.8) is 0 Å². The van der Waals surface area contributed by atoms with Crippen LogP contribution in [0.4, 0.5) is 0 Å². The predicted octanol–water partition coefficient (Wildman–Crippen LogP) is 1.76. The first-order chi connectivity index (χ1) is 8.54. The molecule has 18 heavy (non-hydrogen) atoms. The van der Waals surface area contributed by atoms with Crippen molar-refractivity contribution in [2.24, 2.45) is 16.6 Å². The molecule has 0 aromatic carbocycles. The summed E-state index contributed by atoms with van der Waals surface area (Å²) in [6.45, 7) is 10.7. The number of nitrogens with zero attached hydrogens (tertiary/aromatic N) is 3. The average Bonchev–Trinajstić information content (AvgIpc) is 2.37. The van der Waals surface area contributed by atoms with Crippen LogP contribution in [0.15, 0.2) is 4.99 Å². The van der Waals surface area contributed by atoms with Crippen LogP contribution in [0, 0.1) is 5.92 Å². The van der Waals surface area contributed by atoms with Gasteiger partial charge < -0.3 is 15.5 Å². The van der Waals surface area contributed by atoms with Crippen molar-refractivity contribution < 1.29 is 0 Å². The largest absolute Gasteiger partial charge is 0.370 e. The number of likely N-dealkylation sites (tertiary alicyclic amines) is 1. The molecule has 2 N–H and O–H groups in total. The fraction of sp³-hybridized carbons (Fsp3) is 0.929. The summed E-state index contributed by atoms with van der Waals surface area (Å²) in [5.41, 5.74) is 6.06. The van der Waals surface area contributed by atoms with Crippen molar-refractivity contribution in [1.29, 1.82) is 0 Å². The van der Waals surface area contributed by atoms with Crippen molar-refractivity contribution in [1.82, 2.24) is 9.80 Å². The van der Waals surface area contributed by atoms with Crippen LogP contribution in [-0.4, -0.2) is 55.0 Å². The van der Waals surface area contributed by atoms with E-state index < -0.39 is 0 Å². The van der Waals surface area contributed by atoms with Gasteiger partial charge in [-0.05, 0) is 39.2 Å². The summed E-state index contributed by atoms with van der Waals surface area (Å²) < 4.78 is 0. The molecular formula is C14H30N4. The zero-order valence-electron chi connectivity index (χ0n) is 12.5. The van der Waals surface area contributed by atoms with Crippen molar-refractivity contribution >= 4 is 5.96 Å². The van der Waals surface area contributed by atoms with Gasteiger partial charge in [0.05, 0.1) is 6.54 Å². The van der Waals surface area contributed by atoms with E-state index in [4.69, 9.17) is 5.73 Å². The lowest BCUT2D eigenvalue weighted by Crippen LogP contribution is -2.44. The molecule has 1 aliphatic heterocycles. The molecule has 0 radical (unpaired) electrons. The molecule has 4 nitrogen and oxygen atoms in total. The van der Waals surface area contributed by atoms with Crippen LogP contribution in [0.3, 0.4) is 0 Å². The zero-order chi connectivity index (χ0) is 13.5. The van der Waals surface area contributed by atoms with E-state index in [0.717, 1.165) is 38.1 Å². The van der Waals surface area contributed by atoms with Gasteiger partial charge in [-0.25, -0.2) is 0 Å². The highest BCUT2D eigenvalue weighted by Crippen LogP contribution is 2.14. The monoisotopic (exact) mass is 254 g/mol. The molecule has 1 rings (SSSR count). The van der Waals surface area contributed by atoms with Gasteiger partial charge in [-0.1, -0.05) is 13.8 Å². The molecule has 1 saturated heterocycles. The molecule has 0 spiro atoms. The van der Waals surface area contributed by atoms with Gasteiger partial charge in [0.25, 0.3) is 0 Å². The average molecular weight is 254 g/mol. The van der Waals surface area contributed by atoms with E-state index in [0.29, 0.717) is 6.04 Å². The maximum Gasteiger partial charge on any atom is 0.191 e. The minimum Gasteiger partial charge on any atom is -0.370 e. The molecular weight excluding hydrogens is 224 g/mol. The summed E-state index contributed by atoms with van der Waals surface area (Å²) in [7, 11) is 2.16. The Labute approximate surface area is 112 Å². The molecule has 106 valence electrons. The number of rotatable bonds is 5. The first-order valence-corrected chi connectivity index (χ1v) is 7.29. The normalized spacial score (nSPS) is 23.5. The van der Waals surface area contributed by atoms with E-state index in [-0.39, 0.29) is 0 Å². The Balaban J connectivity index is 2.32. The Hall–Kier alpha value is -0.770. The molecule has 0 aliphatic carbocycles. The van der Waals surface area contributed by atoms with Gasteiger partial charge in [0.15, 0.2) is 5.96 Å². The Morgan fingerprint density at radius 3 is 2.89 bits per heavy atom. The number of hydrogen-bond acceptors (Lipinski definition) is 2. The third-order valence-corrected chi connectivity index (χ3v) is 4.05. The third kappa shape index (κ3) is 4.84. The van der Waals surface area contributed by atoms with Crippen LogP contribution in [-0.2, 0) is 0 Å². The summed E-state index contributed by atoms with van der Waals surface area (Å²) in [6, 6.07) is 0.622. The highest BCUT2D eigenvalue weighted by molar-refractivity contribution is 5.78. The van der Waals surface area contributed by atoms with Crippen molar-refractivity contribution in [3.8, 4) is 0 Å². The van der Waals surface area contributed by atoms with Gasteiger partial charge in [-0.15, -0.1) is 0 Å². The van der Waals surface area contributed by atoms with Crippen molar-refractivity contribution in [2.75, 3.05) is 33.2 Å². The lowest BCUT2D eigenvalue weighted by molar-refractivity contribution is 0.255. The lowest BCUT2D eigenvalue weighted by Gasteiger charge is -2.31. The number of hydrogen-bond donors (Lipinski definition) is 1. The summed E-state index contributed by atoms with van der Waals surface area (Å²) in [5, 5.41) is 0. The third-order valence-electron chi connectivity index (χ3n) is 4.05. The van der Waals surface area contributed by atoms with Crippen LogP contribution >= 0.6 is 0 Å². The maximum atomic E-state index is 6.06. The van der Waals surface area contributed by atoms with Gasteiger partial charge in [-0.2, -0.15) is 0 Å². The summed E-state index contributed by atoms with van der Waals surface area (Å²) in [5.74, 6) is 1.48. The maximum absolute atomic E-state index is 6.06. The van der Waals surface area contributed by atoms with E-state index in [1.807, 2.05) is 0 Å². The van der Waals surface area contributed by atoms with Crippen LogP contribution < -0.4 is 5.73 Å². The van der Waals surface area contributed by atoms with Gasteiger partial charge in [0.2, 0.25) is 0 Å². The Morgan fingerprint density at radius 1 is 1.56 bits per heavy atom. The van der Waals surface area contributed by atoms with Gasteiger partial charge in [-0.3, -0.25) is 4.99 Å². The number of nitrogens with two attached hydrogens (primary N) is 1. The number of guanidine groups is 1.